The van der Waals surface area contributed by atoms with E-state index in [1.807, 2.05) is 6.07 Å². The van der Waals surface area contributed by atoms with Crippen LogP contribution in [-0.2, 0) is 6.54 Å². The fourth-order valence-electron chi connectivity index (χ4n) is 1.26. The first-order chi connectivity index (χ1) is 8.11. The number of rotatable bonds is 4. The molecule has 0 radical (unpaired) electrons. The second kappa shape index (κ2) is 6.85. The maximum Gasteiger partial charge on any atom is 0.206 e. The molecular formula is C12H19FN4. The van der Waals surface area contributed by atoms with Crippen molar-refractivity contribution < 1.29 is 4.39 Å². The second-order valence-corrected chi connectivity index (χ2v) is 4.21. The minimum Gasteiger partial charge on any atom is -0.355 e. The Labute approximate surface area is 101 Å². The van der Waals surface area contributed by atoms with Gasteiger partial charge < -0.3 is 5.32 Å². The Morgan fingerprint density at radius 1 is 1.47 bits per heavy atom. The normalized spacial score (nSPS) is 11.7. The average molecular weight is 238 g/mol. The number of hydrogen-bond acceptors (Lipinski definition) is 2. The predicted molar refractivity (Wildman–Crippen MR) is 67.7 cm³/mol. The van der Waals surface area contributed by atoms with Crippen molar-refractivity contribution in [2.45, 2.75) is 20.4 Å². The SMILES string of the molecule is CC(C)CNC(=NCc1cccc(F)c1)NN. The van der Waals surface area contributed by atoms with Gasteiger partial charge in [0.2, 0.25) is 5.96 Å². The van der Waals surface area contributed by atoms with E-state index in [1.165, 1.54) is 12.1 Å². The number of guanidine groups is 1. The molecule has 1 aromatic carbocycles. The third-order valence-electron chi connectivity index (χ3n) is 2.12. The molecule has 0 aromatic heterocycles. The van der Waals surface area contributed by atoms with Crippen LogP contribution in [0.25, 0.3) is 0 Å². The average Bonchev–Trinajstić information content (AvgIpc) is 2.29. The van der Waals surface area contributed by atoms with E-state index in [0.717, 1.165) is 12.1 Å². The molecule has 0 bridgehead atoms. The van der Waals surface area contributed by atoms with Gasteiger partial charge in [0.15, 0.2) is 0 Å². The fourth-order valence-corrected chi connectivity index (χ4v) is 1.26. The molecule has 4 N–H and O–H groups in total. The summed E-state index contributed by atoms with van der Waals surface area (Å²) in [5, 5.41) is 3.07. The van der Waals surface area contributed by atoms with E-state index < -0.39 is 0 Å². The van der Waals surface area contributed by atoms with E-state index in [2.05, 4.69) is 29.6 Å². The molecule has 1 aromatic rings. The zero-order valence-electron chi connectivity index (χ0n) is 10.2. The third-order valence-corrected chi connectivity index (χ3v) is 2.12. The van der Waals surface area contributed by atoms with Gasteiger partial charge in [0.25, 0.3) is 0 Å². The lowest BCUT2D eigenvalue weighted by molar-refractivity contribution is 0.614. The summed E-state index contributed by atoms with van der Waals surface area (Å²) in [4.78, 5) is 4.23. The van der Waals surface area contributed by atoms with Crippen LogP contribution < -0.4 is 16.6 Å². The Morgan fingerprint density at radius 2 is 2.24 bits per heavy atom. The monoisotopic (exact) mass is 238 g/mol. The summed E-state index contributed by atoms with van der Waals surface area (Å²) in [6.07, 6.45) is 0. The first kappa shape index (κ1) is 13.4. The molecule has 0 amide bonds. The van der Waals surface area contributed by atoms with E-state index >= 15 is 0 Å². The summed E-state index contributed by atoms with van der Waals surface area (Å²) in [5.74, 6) is 6.10. The van der Waals surface area contributed by atoms with Crippen LogP contribution in [0.3, 0.4) is 0 Å². The summed E-state index contributed by atoms with van der Waals surface area (Å²) in [5.41, 5.74) is 3.30. The number of nitrogens with one attached hydrogen (secondary N) is 2. The van der Waals surface area contributed by atoms with E-state index in [0.29, 0.717) is 18.4 Å². The molecule has 0 heterocycles. The Balaban J connectivity index is 2.55. The molecule has 4 nitrogen and oxygen atoms in total. The Morgan fingerprint density at radius 3 is 2.82 bits per heavy atom. The highest BCUT2D eigenvalue weighted by molar-refractivity contribution is 5.79. The van der Waals surface area contributed by atoms with Crippen LogP contribution in [0.5, 0.6) is 0 Å². The summed E-state index contributed by atoms with van der Waals surface area (Å²) < 4.78 is 12.9. The zero-order chi connectivity index (χ0) is 12.7. The Hall–Kier alpha value is -1.62. The van der Waals surface area contributed by atoms with Crippen LogP contribution in [0.2, 0.25) is 0 Å². The maximum absolute atomic E-state index is 12.9. The number of hydrogen-bond donors (Lipinski definition) is 3. The molecule has 0 aliphatic heterocycles. The molecule has 17 heavy (non-hydrogen) atoms. The van der Waals surface area contributed by atoms with Gasteiger partial charge in [0.05, 0.1) is 6.54 Å². The van der Waals surface area contributed by atoms with E-state index in [9.17, 15) is 4.39 Å². The molecular weight excluding hydrogens is 219 g/mol. The van der Waals surface area contributed by atoms with Gasteiger partial charge in [-0.1, -0.05) is 26.0 Å². The van der Waals surface area contributed by atoms with Crippen molar-refractivity contribution in [1.29, 1.82) is 0 Å². The zero-order valence-corrected chi connectivity index (χ0v) is 10.2. The van der Waals surface area contributed by atoms with Crippen LogP contribution in [-0.4, -0.2) is 12.5 Å². The van der Waals surface area contributed by atoms with Crippen LogP contribution in [0.15, 0.2) is 29.3 Å². The van der Waals surface area contributed by atoms with Gasteiger partial charge >= 0.3 is 0 Å². The summed E-state index contributed by atoms with van der Waals surface area (Å²) in [6, 6.07) is 6.35. The van der Waals surface area contributed by atoms with Gasteiger partial charge in [-0.25, -0.2) is 15.2 Å². The van der Waals surface area contributed by atoms with Crippen LogP contribution in [0, 0.1) is 11.7 Å². The number of hydrazine groups is 1. The number of benzene rings is 1. The lowest BCUT2D eigenvalue weighted by Crippen LogP contribution is -2.42. The highest BCUT2D eigenvalue weighted by atomic mass is 19.1. The molecule has 0 spiro atoms. The predicted octanol–water partition coefficient (Wildman–Crippen LogP) is 1.39. The van der Waals surface area contributed by atoms with Gasteiger partial charge in [-0.3, -0.25) is 5.43 Å². The fraction of sp³-hybridized carbons (Fsp3) is 0.417. The van der Waals surface area contributed by atoms with Gasteiger partial charge in [-0.15, -0.1) is 0 Å². The van der Waals surface area contributed by atoms with Crippen molar-refractivity contribution in [3.8, 4) is 0 Å². The maximum atomic E-state index is 12.9. The van der Waals surface area contributed by atoms with Crippen molar-refractivity contribution in [1.82, 2.24) is 10.7 Å². The molecule has 94 valence electrons. The molecule has 1 rings (SSSR count). The van der Waals surface area contributed by atoms with Crippen molar-refractivity contribution in [2.75, 3.05) is 6.54 Å². The number of aliphatic imine (C=N–C) groups is 1. The quantitative estimate of drug-likeness (QED) is 0.321. The summed E-state index contributed by atoms with van der Waals surface area (Å²) in [7, 11) is 0. The van der Waals surface area contributed by atoms with Crippen molar-refractivity contribution in [3.63, 3.8) is 0 Å². The standard InChI is InChI=1S/C12H19FN4/c1-9(2)7-15-12(17-14)16-8-10-4-3-5-11(13)6-10/h3-6,9H,7-8,14H2,1-2H3,(H2,15,16,17). The topological polar surface area (TPSA) is 62.4 Å². The van der Waals surface area contributed by atoms with Gasteiger partial charge in [-0.05, 0) is 23.6 Å². The minimum absolute atomic E-state index is 0.255. The number of nitrogens with two attached hydrogens (primary N) is 1. The van der Waals surface area contributed by atoms with E-state index in [1.54, 1.807) is 6.07 Å². The molecule has 0 saturated carbocycles. The van der Waals surface area contributed by atoms with Crippen LogP contribution in [0.4, 0.5) is 4.39 Å². The summed E-state index contributed by atoms with van der Waals surface area (Å²) in [6.45, 7) is 5.36. The van der Waals surface area contributed by atoms with E-state index in [4.69, 9.17) is 5.84 Å². The van der Waals surface area contributed by atoms with E-state index in [-0.39, 0.29) is 5.82 Å². The van der Waals surface area contributed by atoms with Gasteiger partial charge in [0, 0.05) is 6.54 Å². The second-order valence-electron chi connectivity index (χ2n) is 4.21. The third kappa shape index (κ3) is 5.31. The number of nitrogens with zero attached hydrogens (tertiary/aromatic N) is 1. The van der Waals surface area contributed by atoms with Gasteiger partial charge in [-0.2, -0.15) is 0 Å². The minimum atomic E-state index is -0.255. The Bertz CT molecular complexity index is 377. The van der Waals surface area contributed by atoms with Crippen molar-refractivity contribution >= 4 is 5.96 Å². The molecule has 0 atom stereocenters. The first-order valence-electron chi connectivity index (χ1n) is 5.61. The molecule has 0 saturated heterocycles. The van der Waals surface area contributed by atoms with Crippen LogP contribution in [0.1, 0.15) is 19.4 Å². The largest absolute Gasteiger partial charge is 0.355 e. The van der Waals surface area contributed by atoms with Crippen molar-refractivity contribution in [2.24, 2.45) is 16.8 Å². The molecule has 0 aliphatic carbocycles. The Kier molecular flexibility index (Phi) is 5.42. The smallest absolute Gasteiger partial charge is 0.206 e. The van der Waals surface area contributed by atoms with Crippen LogP contribution >= 0.6 is 0 Å². The van der Waals surface area contributed by atoms with Gasteiger partial charge in [0.1, 0.15) is 5.82 Å². The lowest BCUT2D eigenvalue weighted by Gasteiger charge is -2.10. The molecule has 0 fully saturated rings. The highest BCUT2D eigenvalue weighted by Gasteiger charge is 1.99. The molecule has 0 unspecified atom stereocenters. The lowest BCUT2D eigenvalue weighted by atomic mass is 10.2. The first-order valence-corrected chi connectivity index (χ1v) is 5.61. The summed E-state index contributed by atoms with van der Waals surface area (Å²) >= 11 is 0. The highest BCUT2D eigenvalue weighted by Crippen LogP contribution is 2.04. The van der Waals surface area contributed by atoms with Crippen molar-refractivity contribution in [3.05, 3.63) is 35.6 Å². The molecule has 0 aliphatic rings. The number of halogens is 1. The molecule has 5 heteroatoms.